The van der Waals surface area contributed by atoms with Crippen LogP contribution in [0.15, 0.2) is 12.4 Å². The molecule has 0 N–H and O–H groups in total. The minimum absolute atomic E-state index is 0.118. The van der Waals surface area contributed by atoms with Gasteiger partial charge in [-0.2, -0.15) is 5.10 Å². The highest BCUT2D eigenvalue weighted by molar-refractivity contribution is 6.65. The van der Waals surface area contributed by atoms with Crippen LogP contribution in [-0.4, -0.2) is 24.3 Å². The second kappa shape index (κ2) is 5.65. The summed E-state index contributed by atoms with van der Waals surface area (Å²) >= 11 is 0. The van der Waals surface area contributed by atoms with Crippen molar-refractivity contribution < 1.29 is 0 Å². The van der Waals surface area contributed by atoms with E-state index in [-0.39, 0.29) is 6.71 Å². The molecule has 2 radical (unpaired) electrons. The molecule has 0 amide bonds. The average molecular weight is 199 g/mol. The van der Waals surface area contributed by atoms with E-state index in [2.05, 4.69) is 18.0 Å². The third kappa shape index (κ3) is 3.47. The van der Waals surface area contributed by atoms with Crippen LogP contribution in [0, 0.1) is 11.2 Å². The van der Waals surface area contributed by atoms with E-state index in [0.29, 0.717) is 11.5 Å². The Labute approximate surface area is 93.0 Å². The first-order valence-corrected chi connectivity index (χ1v) is 5.36. The second-order valence-electron chi connectivity index (χ2n) is 3.92. The van der Waals surface area contributed by atoms with Crippen molar-refractivity contribution in [1.82, 2.24) is 9.78 Å². The monoisotopic (exact) mass is 199 g/mol. The van der Waals surface area contributed by atoms with Crippen LogP contribution in [0.1, 0.15) is 25.8 Å². The lowest BCUT2D eigenvalue weighted by Crippen LogP contribution is -2.13. The molecule has 3 nitrogen and oxygen atoms in total. The molecule has 1 heterocycles. The zero-order chi connectivity index (χ0) is 11.3. The van der Waals surface area contributed by atoms with Crippen LogP contribution in [-0.2, 0) is 0 Å². The van der Waals surface area contributed by atoms with Crippen molar-refractivity contribution in [2.24, 2.45) is 0 Å². The lowest BCUT2D eigenvalue weighted by molar-refractivity contribution is 0.428. The number of aromatic nitrogens is 2. The van der Waals surface area contributed by atoms with E-state index in [9.17, 15) is 0 Å². The van der Waals surface area contributed by atoms with Crippen LogP contribution in [0.4, 0.5) is 0 Å². The summed E-state index contributed by atoms with van der Waals surface area (Å²) < 4.78 is 1.90. The summed E-state index contributed by atoms with van der Waals surface area (Å²) in [6.07, 6.45) is 6.42. The first kappa shape index (κ1) is 11.9. The van der Waals surface area contributed by atoms with Gasteiger partial charge in [0.25, 0.3) is 6.71 Å². The summed E-state index contributed by atoms with van der Waals surface area (Å²) in [5.74, 6) is 2.25. The maximum absolute atomic E-state index is 8.70. The van der Waals surface area contributed by atoms with Gasteiger partial charge >= 0.3 is 0 Å². The lowest BCUT2D eigenvalue weighted by atomic mass is 9.50. The number of hydrogen-bond acceptors (Lipinski definition) is 2. The van der Waals surface area contributed by atoms with Gasteiger partial charge in [0.1, 0.15) is 7.85 Å². The molecule has 0 aliphatic rings. The highest BCUT2D eigenvalue weighted by Gasteiger charge is 2.13. The topological polar surface area (TPSA) is 41.6 Å². The summed E-state index contributed by atoms with van der Waals surface area (Å²) in [5.41, 5.74) is 0.696. The van der Waals surface area contributed by atoms with Gasteiger partial charge in [-0.3, -0.25) is 4.68 Å². The summed E-state index contributed by atoms with van der Waals surface area (Å²) in [6, 6.07) is 0.359. The van der Waals surface area contributed by atoms with Crippen molar-refractivity contribution in [2.75, 3.05) is 0 Å². The molecule has 5 heteroatoms. The van der Waals surface area contributed by atoms with E-state index in [4.69, 9.17) is 13.1 Å². The SMILES string of the molecule is [B]c1cnn(C(CC)CCB(C)C#N)c1. The van der Waals surface area contributed by atoms with Gasteiger partial charge in [0.2, 0.25) is 0 Å². The molecule has 1 atom stereocenters. The molecule has 0 aromatic carbocycles. The molecule has 76 valence electrons. The molecule has 0 aliphatic heterocycles. The van der Waals surface area contributed by atoms with Crippen LogP contribution in [0.2, 0.25) is 13.1 Å². The van der Waals surface area contributed by atoms with Gasteiger partial charge < -0.3 is 0 Å². The first-order valence-electron chi connectivity index (χ1n) is 5.36. The molecule has 1 aromatic rings. The third-order valence-corrected chi connectivity index (χ3v) is 2.62. The Kier molecular flexibility index (Phi) is 4.48. The largest absolute Gasteiger partial charge is 0.270 e. The number of nitrogens with zero attached hydrogens (tertiary/aromatic N) is 3. The molecule has 1 aromatic heterocycles. The molecule has 0 aliphatic carbocycles. The van der Waals surface area contributed by atoms with Crippen LogP contribution >= 0.6 is 0 Å². The molecule has 0 bridgehead atoms. The fourth-order valence-electron chi connectivity index (χ4n) is 1.58. The smallest absolute Gasteiger partial charge is 0.264 e. The molecule has 0 saturated heterocycles. The minimum atomic E-state index is 0.118. The van der Waals surface area contributed by atoms with Crippen molar-refractivity contribution in [3.05, 3.63) is 12.4 Å². The van der Waals surface area contributed by atoms with Gasteiger partial charge in [-0.15, -0.1) is 0 Å². The van der Waals surface area contributed by atoms with Gasteiger partial charge in [-0.25, -0.2) is 5.26 Å². The molecular weight excluding hydrogens is 184 g/mol. The Hall–Kier alpha value is -1.17. The number of nitriles is 1. The lowest BCUT2D eigenvalue weighted by Gasteiger charge is -2.15. The van der Waals surface area contributed by atoms with Crippen LogP contribution < -0.4 is 5.46 Å². The predicted molar refractivity (Wildman–Crippen MR) is 63.6 cm³/mol. The molecule has 1 rings (SSSR count). The molecule has 1 unspecified atom stereocenters. The maximum atomic E-state index is 8.70. The van der Waals surface area contributed by atoms with E-state index in [1.165, 1.54) is 0 Å². The Balaban J connectivity index is 2.54. The fraction of sp³-hybridized carbons (Fsp3) is 0.600. The molecule has 0 saturated carbocycles. The number of rotatable bonds is 5. The van der Waals surface area contributed by atoms with E-state index < -0.39 is 0 Å². The van der Waals surface area contributed by atoms with Crippen LogP contribution in [0.3, 0.4) is 0 Å². The molecule has 0 spiro atoms. The van der Waals surface area contributed by atoms with Gasteiger partial charge in [0, 0.05) is 18.4 Å². The first-order chi connectivity index (χ1) is 7.17. The highest BCUT2D eigenvalue weighted by Crippen LogP contribution is 2.17. The predicted octanol–water partition coefficient (Wildman–Crippen LogP) is 1.21. The van der Waals surface area contributed by atoms with Crippen molar-refractivity contribution >= 4 is 20.0 Å². The fourth-order valence-corrected chi connectivity index (χ4v) is 1.58. The Morgan fingerprint density at radius 3 is 2.93 bits per heavy atom. The zero-order valence-corrected chi connectivity index (χ0v) is 9.35. The average Bonchev–Trinajstić information content (AvgIpc) is 2.65. The molecule has 0 fully saturated rings. The van der Waals surface area contributed by atoms with E-state index in [1.807, 2.05) is 17.7 Å². The van der Waals surface area contributed by atoms with Crippen molar-refractivity contribution in [3.63, 3.8) is 0 Å². The minimum Gasteiger partial charge on any atom is -0.270 e. The van der Waals surface area contributed by atoms with Crippen molar-refractivity contribution in [1.29, 1.82) is 5.26 Å². The van der Waals surface area contributed by atoms with Crippen molar-refractivity contribution in [2.45, 2.75) is 39.0 Å². The number of hydrogen-bond donors (Lipinski definition) is 0. The molecular formula is C10H15B2N3. The van der Waals surface area contributed by atoms with Gasteiger partial charge in [0.15, 0.2) is 0 Å². The van der Waals surface area contributed by atoms with Crippen LogP contribution in [0.25, 0.3) is 0 Å². The standard InChI is InChI=1S/C10H15B2N3/c1-3-10(4-5-12(2)8-13)15-7-9(11)6-14-15/h6-7,10H,3-5H2,1-2H3. The third-order valence-electron chi connectivity index (χ3n) is 2.62. The Bertz CT molecular complexity index is 343. The maximum Gasteiger partial charge on any atom is 0.264 e. The van der Waals surface area contributed by atoms with Crippen LogP contribution in [0.5, 0.6) is 0 Å². The van der Waals surface area contributed by atoms with Gasteiger partial charge in [-0.1, -0.05) is 25.5 Å². The summed E-state index contributed by atoms with van der Waals surface area (Å²) in [5, 5.41) is 12.9. The molecule has 15 heavy (non-hydrogen) atoms. The van der Waals surface area contributed by atoms with E-state index in [0.717, 1.165) is 19.2 Å². The Morgan fingerprint density at radius 2 is 2.47 bits per heavy atom. The quantitative estimate of drug-likeness (QED) is 0.668. The zero-order valence-electron chi connectivity index (χ0n) is 9.35. The summed E-state index contributed by atoms with van der Waals surface area (Å²) in [7, 11) is 5.62. The van der Waals surface area contributed by atoms with Crippen molar-refractivity contribution in [3.8, 4) is 5.97 Å². The Morgan fingerprint density at radius 1 is 1.73 bits per heavy atom. The van der Waals surface area contributed by atoms with Gasteiger partial charge in [-0.05, 0) is 12.8 Å². The summed E-state index contributed by atoms with van der Waals surface area (Å²) in [4.78, 5) is 0. The van der Waals surface area contributed by atoms with E-state index >= 15 is 0 Å². The summed E-state index contributed by atoms with van der Waals surface area (Å²) in [6.45, 7) is 4.19. The highest BCUT2D eigenvalue weighted by atomic mass is 15.3. The van der Waals surface area contributed by atoms with Gasteiger partial charge in [0.05, 0.1) is 6.04 Å². The normalized spacial score (nSPS) is 12.1. The van der Waals surface area contributed by atoms with E-state index in [1.54, 1.807) is 6.20 Å². The second-order valence-corrected chi connectivity index (χ2v) is 3.92.